The number of hydrogen-bond acceptors (Lipinski definition) is 5. The molecule has 0 amide bonds. The molecule has 0 bridgehead atoms. The molecular formula is C23H24Cl3NO4. The van der Waals surface area contributed by atoms with Gasteiger partial charge in [-0.25, -0.2) is 4.98 Å². The van der Waals surface area contributed by atoms with Gasteiger partial charge in [-0.15, -0.1) is 0 Å². The van der Waals surface area contributed by atoms with E-state index in [0.717, 1.165) is 11.5 Å². The first-order valence-corrected chi connectivity index (χ1v) is 11.1. The van der Waals surface area contributed by atoms with Gasteiger partial charge >= 0.3 is 0 Å². The molecule has 8 heteroatoms. The SMILES string of the molecule is CC(C)c1oc(-c2ccc(Cl)cc2Cl)nc1CCC(O)c1ccc(OCCO)c(Cl)c1. The van der Waals surface area contributed by atoms with Crippen LogP contribution >= 0.6 is 34.8 Å². The average molecular weight is 485 g/mol. The minimum atomic E-state index is -0.733. The third kappa shape index (κ3) is 5.93. The molecule has 0 aliphatic rings. The van der Waals surface area contributed by atoms with Crippen LogP contribution in [0.15, 0.2) is 40.8 Å². The maximum absolute atomic E-state index is 10.7. The van der Waals surface area contributed by atoms with Gasteiger partial charge in [0, 0.05) is 10.9 Å². The second kappa shape index (κ2) is 10.7. The van der Waals surface area contributed by atoms with Gasteiger partial charge in [-0.05, 0) is 48.7 Å². The van der Waals surface area contributed by atoms with E-state index in [4.69, 9.17) is 49.1 Å². The Morgan fingerprint density at radius 3 is 2.48 bits per heavy atom. The van der Waals surface area contributed by atoms with Crippen molar-refractivity contribution in [2.24, 2.45) is 0 Å². The Morgan fingerprint density at radius 1 is 1.06 bits per heavy atom. The predicted octanol–water partition coefficient (Wildman–Crippen LogP) is 6.46. The number of oxazole rings is 1. The highest BCUT2D eigenvalue weighted by atomic mass is 35.5. The van der Waals surface area contributed by atoms with Crippen molar-refractivity contribution in [3.05, 3.63) is 68.5 Å². The number of aliphatic hydroxyl groups excluding tert-OH is 2. The molecule has 1 unspecified atom stereocenters. The van der Waals surface area contributed by atoms with Gasteiger partial charge in [0.15, 0.2) is 0 Å². The third-order valence-corrected chi connectivity index (χ3v) is 5.60. The van der Waals surface area contributed by atoms with E-state index in [2.05, 4.69) is 4.98 Å². The van der Waals surface area contributed by atoms with E-state index in [1.165, 1.54) is 0 Å². The molecule has 0 saturated carbocycles. The first-order valence-electron chi connectivity index (χ1n) is 9.96. The summed E-state index contributed by atoms with van der Waals surface area (Å²) in [6.45, 7) is 4.11. The zero-order chi connectivity index (χ0) is 22.5. The summed E-state index contributed by atoms with van der Waals surface area (Å²) in [6.07, 6.45) is 0.223. The van der Waals surface area contributed by atoms with E-state index in [1.54, 1.807) is 36.4 Å². The molecule has 0 aliphatic carbocycles. The molecule has 0 aliphatic heterocycles. The maximum Gasteiger partial charge on any atom is 0.228 e. The summed E-state index contributed by atoms with van der Waals surface area (Å²) < 4.78 is 11.4. The van der Waals surface area contributed by atoms with Crippen LogP contribution in [-0.4, -0.2) is 28.4 Å². The number of hydrogen-bond donors (Lipinski definition) is 2. The van der Waals surface area contributed by atoms with Gasteiger partial charge in [-0.2, -0.15) is 0 Å². The van der Waals surface area contributed by atoms with Crippen molar-refractivity contribution in [3.63, 3.8) is 0 Å². The molecule has 0 radical (unpaired) electrons. The molecule has 0 fully saturated rings. The topological polar surface area (TPSA) is 75.7 Å². The van der Waals surface area contributed by atoms with Gasteiger partial charge in [0.25, 0.3) is 0 Å². The molecule has 2 aromatic carbocycles. The lowest BCUT2D eigenvalue weighted by atomic mass is 10.0. The lowest BCUT2D eigenvalue weighted by Gasteiger charge is -2.13. The van der Waals surface area contributed by atoms with Crippen LogP contribution in [0.1, 0.15) is 49.3 Å². The van der Waals surface area contributed by atoms with Gasteiger partial charge < -0.3 is 19.4 Å². The van der Waals surface area contributed by atoms with Crippen molar-refractivity contribution in [1.82, 2.24) is 4.98 Å². The molecule has 0 spiro atoms. The quantitative estimate of drug-likeness (QED) is 0.364. The summed E-state index contributed by atoms with van der Waals surface area (Å²) in [5.74, 6) is 1.79. The summed E-state index contributed by atoms with van der Waals surface area (Å²) in [5, 5.41) is 20.9. The van der Waals surface area contributed by atoms with Crippen LogP contribution in [-0.2, 0) is 6.42 Å². The molecule has 0 saturated heterocycles. The smallest absolute Gasteiger partial charge is 0.228 e. The molecule has 1 aromatic heterocycles. The largest absolute Gasteiger partial charge is 0.490 e. The Kier molecular flexibility index (Phi) is 8.25. The van der Waals surface area contributed by atoms with E-state index in [-0.39, 0.29) is 19.1 Å². The van der Waals surface area contributed by atoms with Crippen LogP contribution < -0.4 is 4.74 Å². The van der Waals surface area contributed by atoms with Crippen LogP contribution in [0.2, 0.25) is 15.1 Å². The third-order valence-electron chi connectivity index (χ3n) is 4.76. The Hall–Kier alpha value is -1.76. The van der Waals surface area contributed by atoms with Crippen molar-refractivity contribution in [1.29, 1.82) is 0 Å². The molecule has 1 atom stereocenters. The highest BCUT2D eigenvalue weighted by Crippen LogP contribution is 2.34. The monoisotopic (exact) mass is 483 g/mol. The number of aliphatic hydroxyl groups is 2. The number of benzene rings is 2. The normalized spacial score (nSPS) is 12.4. The van der Waals surface area contributed by atoms with Crippen LogP contribution in [0.5, 0.6) is 5.75 Å². The summed E-state index contributed by atoms with van der Waals surface area (Å²) in [5.41, 5.74) is 2.13. The lowest BCUT2D eigenvalue weighted by Crippen LogP contribution is -2.04. The Bertz CT molecular complexity index is 1040. The molecule has 31 heavy (non-hydrogen) atoms. The van der Waals surface area contributed by atoms with Crippen molar-refractivity contribution in [2.75, 3.05) is 13.2 Å². The molecule has 2 N–H and O–H groups in total. The van der Waals surface area contributed by atoms with Crippen molar-refractivity contribution >= 4 is 34.8 Å². The van der Waals surface area contributed by atoms with Crippen molar-refractivity contribution in [3.8, 4) is 17.2 Å². The Morgan fingerprint density at radius 2 is 1.84 bits per heavy atom. The van der Waals surface area contributed by atoms with E-state index in [0.29, 0.717) is 50.7 Å². The molecule has 5 nitrogen and oxygen atoms in total. The lowest BCUT2D eigenvalue weighted by molar-refractivity contribution is 0.167. The first-order chi connectivity index (χ1) is 14.8. The van der Waals surface area contributed by atoms with Gasteiger partial charge in [0.1, 0.15) is 18.1 Å². The molecule has 1 heterocycles. The van der Waals surface area contributed by atoms with Crippen molar-refractivity contribution < 1.29 is 19.4 Å². The summed E-state index contributed by atoms with van der Waals surface area (Å²) >= 11 is 18.5. The van der Waals surface area contributed by atoms with E-state index < -0.39 is 6.10 Å². The minimum absolute atomic E-state index is 0.0974. The minimum Gasteiger partial charge on any atom is -0.490 e. The fourth-order valence-corrected chi connectivity index (χ4v) is 3.94. The fraction of sp³-hybridized carbons (Fsp3) is 0.348. The first kappa shape index (κ1) is 23.9. The number of ether oxygens (including phenoxy) is 1. The van der Waals surface area contributed by atoms with E-state index >= 15 is 0 Å². The van der Waals surface area contributed by atoms with Gasteiger partial charge in [-0.3, -0.25) is 0 Å². The molecule has 166 valence electrons. The second-order valence-corrected chi connectivity index (χ2v) is 8.68. The maximum atomic E-state index is 10.7. The number of rotatable bonds is 9. The number of aryl methyl sites for hydroxylation is 1. The van der Waals surface area contributed by atoms with E-state index in [9.17, 15) is 5.11 Å². The summed E-state index contributed by atoms with van der Waals surface area (Å²) in [7, 11) is 0. The highest BCUT2D eigenvalue weighted by Gasteiger charge is 2.20. The van der Waals surface area contributed by atoms with Crippen LogP contribution in [0.3, 0.4) is 0 Å². The van der Waals surface area contributed by atoms with Gasteiger partial charge in [-0.1, -0.05) is 54.7 Å². The fourth-order valence-electron chi connectivity index (χ4n) is 3.21. The van der Waals surface area contributed by atoms with Crippen LogP contribution in [0.4, 0.5) is 0 Å². The Labute approximate surface area is 196 Å². The molecule has 3 aromatic rings. The highest BCUT2D eigenvalue weighted by molar-refractivity contribution is 6.36. The zero-order valence-electron chi connectivity index (χ0n) is 17.2. The van der Waals surface area contributed by atoms with Crippen LogP contribution in [0, 0.1) is 0 Å². The molecule has 3 rings (SSSR count). The average Bonchev–Trinajstić information content (AvgIpc) is 3.15. The second-order valence-electron chi connectivity index (χ2n) is 7.43. The van der Waals surface area contributed by atoms with Crippen LogP contribution in [0.25, 0.3) is 11.5 Å². The number of aromatic nitrogens is 1. The van der Waals surface area contributed by atoms with Gasteiger partial charge in [0.05, 0.1) is 34.0 Å². The molecular weight excluding hydrogens is 461 g/mol. The summed E-state index contributed by atoms with van der Waals surface area (Å²) in [6, 6.07) is 10.3. The predicted molar refractivity (Wildman–Crippen MR) is 123 cm³/mol. The summed E-state index contributed by atoms with van der Waals surface area (Å²) in [4.78, 5) is 4.65. The van der Waals surface area contributed by atoms with Crippen molar-refractivity contribution in [2.45, 2.75) is 38.7 Å². The number of nitrogens with zero attached hydrogens (tertiary/aromatic N) is 1. The Balaban J connectivity index is 1.76. The van der Waals surface area contributed by atoms with Gasteiger partial charge in [0.2, 0.25) is 5.89 Å². The van der Waals surface area contributed by atoms with E-state index in [1.807, 2.05) is 13.8 Å². The number of halogens is 3. The zero-order valence-corrected chi connectivity index (χ0v) is 19.5. The standard InChI is InChI=1S/C23H24Cl3NO4/c1-13(2)22-19(27-23(31-22)16-5-4-15(24)12-17(16)25)6-7-20(29)14-3-8-21(18(26)11-14)30-10-9-28/h3-5,8,11-13,20,28-29H,6-7,9-10H2,1-2H3.